The molecule has 1 aliphatic carbocycles. The normalized spacial score (nSPS) is 16.2. The molecule has 0 radical (unpaired) electrons. The van der Waals surface area contributed by atoms with Crippen LogP contribution in [0.3, 0.4) is 0 Å². The second-order valence-electron chi connectivity index (χ2n) is 6.96. The maximum Gasteiger partial charge on any atom is 0.200 e. The summed E-state index contributed by atoms with van der Waals surface area (Å²) in [6.45, 7) is 17.8. The molecule has 1 aliphatic rings. The van der Waals surface area contributed by atoms with Crippen LogP contribution in [0.5, 0.6) is 0 Å². The summed E-state index contributed by atoms with van der Waals surface area (Å²) in [5.74, 6) is -1.76. The minimum Gasteiger partial charge on any atom is -0.494 e. The van der Waals surface area contributed by atoms with Crippen molar-refractivity contribution in [2.75, 3.05) is 7.11 Å². The molecule has 0 N–H and O–H groups in total. The number of allylic oxidation sites excluding steroid dienone is 9. The Balaban J connectivity index is 0.00000210. The van der Waals surface area contributed by atoms with E-state index in [0.717, 1.165) is 19.3 Å². The Bertz CT molecular complexity index is 633. The van der Waals surface area contributed by atoms with Gasteiger partial charge in [0.2, 0.25) is 5.83 Å². The molecule has 0 aromatic rings. The number of halogens is 2. The molecule has 0 spiro atoms. The number of rotatable bonds is 8. The van der Waals surface area contributed by atoms with E-state index in [2.05, 4.69) is 58.6 Å². The van der Waals surface area contributed by atoms with Crippen LogP contribution in [0.1, 0.15) is 66.7 Å². The van der Waals surface area contributed by atoms with Crippen LogP contribution in [0, 0.1) is 5.92 Å². The van der Waals surface area contributed by atoms with Gasteiger partial charge in [-0.3, -0.25) is 0 Å². The van der Waals surface area contributed by atoms with Gasteiger partial charge in [-0.15, -0.1) is 0 Å². The monoisotopic (exact) mass is 378 g/mol. The van der Waals surface area contributed by atoms with Crippen molar-refractivity contribution in [3.8, 4) is 0 Å². The van der Waals surface area contributed by atoms with Crippen LogP contribution in [-0.4, -0.2) is 7.11 Å². The SMILES string of the molecule is C=C(OC)/C(F)=C(/F)C(=C)C1=CC=C(/C(C)=C/CC(C)CC)CC1.CCC. The van der Waals surface area contributed by atoms with Gasteiger partial charge in [0, 0.05) is 5.57 Å². The predicted molar refractivity (Wildman–Crippen MR) is 114 cm³/mol. The number of hydrogen-bond donors (Lipinski definition) is 0. The fraction of sp³-hybridized carbons (Fsp3) is 0.500. The first-order valence-corrected chi connectivity index (χ1v) is 9.78. The summed E-state index contributed by atoms with van der Waals surface area (Å²) in [4.78, 5) is 0. The maximum atomic E-state index is 14.1. The fourth-order valence-electron chi connectivity index (χ4n) is 2.38. The van der Waals surface area contributed by atoms with Gasteiger partial charge >= 0.3 is 0 Å². The molecule has 1 unspecified atom stereocenters. The lowest BCUT2D eigenvalue weighted by Gasteiger charge is -2.17. The van der Waals surface area contributed by atoms with Crippen LogP contribution >= 0.6 is 0 Å². The van der Waals surface area contributed by atoms with E-state index < -0.39 is 11.7 Å². The number of hydrogen-bond acceptors (Lipinski definition) is 1. The lowest BCUT2D eigenvalue weighted by Crippen LogP contribution is -2.00. The summed E-state index contributed by atoms with van der Waals surface area (Å²) in [5, 5.41) is 0. The topological polar surface area (TPSA) is 9.23 Å². The highest BCUT2D eigenvalue weighted by molar-refractivity contribution is 5.50. The Morgan fingerprint density at radius 3 is 2.07 bits per heavy atom. The Morgan fingerprint density at radius 2 is 1.63 bits per heavy atom. The fourth-order valence-corrected chi connectivity index (χ4v) is 2.38. The lowest BCUT2D eigenvalue weighted by molar-refractivity contribution is 0.281. The Hall–Kier alpha value is -1.90. The third-order valence-corrected chi connectivity index (χ3v) is 4.52. The molecule has 27 heavy (non-hydrogen) atoms. The molecule has 0 amide bonds. The number of methoxy groups -OCH3 is 1. The van der Waals surface area contributed by atoms with Gasteiger partial charge in [-0.05, 0) is 43.3 Å². The van der Waals surface area contributed by atoms with E-state index in [0.29, 0.717) is 17.9 Å². The highest BCUT2D eigenvalue weighted by atomic mass is 19.2. The summed E-state index contributed by atoms with van der Waals surface area (Å²) in [6, 6.07) is 0. The molecule has 0 fully saturated rings. The molecule has 1 rings (SSSR count). The van der Waals surface area contributed by atoms with Crippen molar-refractivity contribution >= 4 is 0 Å². The second-order valence-corrected chi connectivity index (χ2v) is 6.96. The summed E-state index contributed by atoms with van der Waals surface area (Å²) in [6.07, 6.45) is 11.0. The van der Waals surface area contributed by atoms with E-state index in [1.54, 1.807) is 0 Å². The molecule has 0 heterocycles. The lowest BCUT2D eigenvalue weighted by atomic mass is 9.89. The molecule has 0 bridgehead atoms. The van der Waals surface area contributed by atoms with Crippen LogP contribution in [-0.2, 0) is 4.74 Å². The van der Waals surface area contributed by atoms with E-state index in [4.69, 9.17) is 0 Å². The first kappa shape index (κ1) is 25.1. The summed E-state index contributed by atoms with van der Waals surface area (Å²) in [7, 11) is 1.25. The van der Waals surface area contributed by atoms with Gasteiger partial charge in [-0.25, -0.2) is 4.39 Å². The first-order chi connectivity index (χ1) is 12.7. The van der Waals surface area contributed by atoms with E-state index in [1.807, 2.05) is 12.2 Å². The molecule has 3 heteroatoms. The van der Waals surface area contributed by atoms with Gasteiger partial charge in [-0.2, -0.15) is 4.39 Å². The smallest absolute Gasteiger partial charge is 0.200 e. The molecule has 0 aliphatic heterocycles. The zero-order chi connectivity index (χ0) is 21.0. The molecular weight excluding hydrogens is 342 g/mol. The summed E-state index contributed by atoms with van der Waals surface area (Å²) < 4.78 is 32.5. The van der Waals surface area contributed by atoms with Crippen LogP contribution in [0.15, 0.2) is 71.1 Å². The minimum atomic E-state index is -1.09. The second kappa shape index (κ2) is 13.3. The van der Waals surface area contributed by atoms with E-state index in [1.165, 1.54) is 24.7 Å². The Morgan fingerprint density at radius 1 is 1.11 bits per heavy atom. The summed E-state index contributed by atoms with van der Waals surface area (Å²) >= 11 is 0. The third-order valence-electron chi connectivity index (χ3n) is 4.52. The van der Waals surface area contributed by atoms with Crippen LogP contribution in [0.4, 0.5) is 8.78 Å². The van der Waals surface area contributed by atoms with Crippen LogP contribution < -0.4 is 0 Å². The minimum absolute atomic E-state index is 0.0576. The molecule has 0 aromatic carbocycles. The van der Waals surface area contributed by atoms with Gasteiger partial charge in [0.05, 0.1) is 7.11 Å². The standard InChI is InChI=1S/C21H28F2O.C3H8/c1-7-14(2)8-9-15(3)18-10-12-19(13-11-18)16(4)20(22)21(23)17(5)24-6;1-3-2/h9-10,12,14H,4-5,7-8,11,13H2,1-3,6H3;3H2,1-2H3/b15-9+,21-20-;. The van der Waals surface area contributed by atoms with Gasteiger partial charge in [0.25, 0.3) is 0 Å². The van der Waals surface area contributed by atoms with E-state index >= 15 is 0 Å². The quantitative estimate of drug-likeness (QED) is 0.305. The van der Waals surface area contributed by atoms with Crippen LogP contribution in [0.25, 0.3) is 0 Å². The van der Waals surface area contributed by atoms with Crippen molar-refractivity contribution in [3.05, 3.63) is 71.1 Å². The largest absolute Gasteiger partial charge is 0.494 e. The molecule has 0 saturated carbocycles. The molecule has 0 saturated heterocycles. The van der Waals surface area contributed by atoms with Gasteiger partial charge in [0.15, 0.2) is 5.83 Å². The molecule has 1 atom stereocenters. The van der Waals surface area contributed by atoms with Crippen molar-refractivity contribution in [3.63, 3.8) is 0 Å². The average Bonchev–Trinajstić information content (AvgIpc) is 2.69. The highest BCUT2D eigenvalue weighted by Crippen LogP contribution is 2.33. The average molecular weight is 379 g/mol. The highest BCUT2D eigenvalue weighted by Gasteiger charge is 2.18. The Labute approximate surface area is 164 Å². The molecular formula is C24H36F2O. The predicted octanol–water partition coefficient (Wildman–Crippen LogP) is 8.30. The number of ether oxygens (including phenoxy) is 1. The van der Waals surface area contributed by atoms with Crippen molar-refractivity contribution in [2.24, 2.45) is 5.92 Å². The molecule has 1 nitrogen and oxygen atoms in total. The van der Waals surface area contributed by atoms with Crippen molar-refractivity contribution in [1.29, 1.82) is 0 Å². The first-order valence-electron chi connectivity index (χ1n) is 9.78. The molecule has 152 valence electrons. The zero-order valence-electron chi connectivity index (χ0n) is 17.9. The van der Waals surface area contributed by atoms with Crippen LogP contribution in [0.2, 0.25) is 0 Å². The Kier molecular flexibility index (Phi) is 12.4. The maximum absolute atomic E-state index is 14.1. The van der Waals surface area contributed by atoms with Gasteiger partial charge in [-0.1, -0.05) is 77.5 Å². The zero-order valence-corrected chi connectivity index (χ0v) is 17.9. The van der Waals surface area contributed by atoms with Gasteiger partial charge in [0.1, 0.15) is 5.76 Å². The van der Waals surface area contributed by atoms with Crippen molar-refractivity contribution in [1.82, 2.24) is 0 Å². The summed E-state index contributed by atoms with van der Waals surface area (Å²) in [5.41, 5.74) is 3.25. The molecule has 0 aromatic heterocycles. The van der Waals surface area contributed by atoms with Crippen molar-refractivity contribution in [2.45, 2.75) is 66.7 Å². The third kappa shape index (κ3) is 8.55. The van der Waals surface area contributed by atoms with E-state index in [9.17, 15) is 8.78 Å². The van der Waals surface area contributed by atoms with Crippen molar-refractivity contribution < 1.29 is 13.5 Å². The van der Waals surface area contributed by atoms with E-state index in [-0.39, 0.29) is 11.3 Å². The van der Waals surface area contributed by atoms with Gasteiger partial charge < -0.3 is 4.74 Å².